The van der Waals surface area contributed by atoms with Crippen LogP contribution in [-0.4, -0.2) is 47.3 Å². The summed E-state index contributed by atoms with van der Waals surface area (Å²) >= 11 is 0. The molecule has 0 aliphatic carbocycles. The molecule has 1 aliphatic heterocycles. The van der Waals surface area contributed by atoms with Gasteiger partial charge in [-0.25, -0.2) is 0 Å². The lowest BCUT2D eigenvalue weighted by Gasteiger charge is -2.37. The molecule has 4 rings (SSSR count). The number of pyridine rings is 1. The van der Waals surface area contributed by atoms with E-state index in [1.165, 1.54) is 23.0 Å². The molecule has 3 heterocycles. The second kappa shape index (κ2) is 8.26. The van der Waals surface area contributed by atoms with E-state index in [4.69, 9.17) is 0 Å². The average Bonchev–Trinajstić information content (AvgIpc) is 2.77. The Morgan fingerprint density at radius 2 is 1.72 bits per heavy atom. The summed E-state index contributed by atoms with van der Waals surface area (Å²) in [6, 6.07) is 13.6. The van der Waals surface area contributed by atoms with Crippen LogP contribution >= 0.6 is 0 Å². The quantitative estimate of drug-likeness (QED) is 0.740. The first-order valence-electron chi connectivity index (χ1n) is 9.73. The van der Waals surface area contributed by atoms with E-state index in [1.807, 2.05) is 6.07 Å². The van der Waals surface area contributed by atoms with Crippen LogP contribution in [0.1, 0.15) is 21.5 Å². The van der Waals surface area contributed by atoms with Crippen molar-refractivity contribution < 1.29 is 4.79 Å². The summed E-state index contributed by atoms with van der Waals surface area (Å²) in [7, 11) is 0. The molecule has 0 radical (unpaired) electrons. The van der Waals surface area contributed by atoms with E-state index in [2.05, 4.69) is 62.3 Å². The number of hydrogen-bond acceptors (Lipinski definition) is 6. The van der Waals surface area contributed by atoms with Crippen molar-refractivity contribution in [1.29, 1.82) is 0 Å². The van der Waals surface area contributed by atoms with Gasteiger partial charge in [0.1, 0.15) is 0 Å². The van der Waals surface area contributed by atoms with Gasteiger partial charge in [-0.3, -0.25) is 9.78 Å². The summed E-state index contributed by atoms with van der Waals surface area (Å²) in [4.78, 5) is 20.8. The lowest BCUT2D eigenvalue weighted by molar-refractivity contribution is 0.102. The number of hydrogen-bond donors (Lipinski definition) is 1. The van der Waals surface area contributed by atoms with Gasteiger partial charge in [0.05, 0.1) is 5.56 Å². The van der Waals surface area contributed by atoms with Gasteiger partial charge in [-0.15, -0.1) is 10.2 Å². The highest BCUT2D eigenvalue weighted by molar-refractivity contribution is 6.03. The molecule has 7 nitrogen and oxygen atoms in total. The summed E-state index contributed by atoms with van der Waals surface area (Å²) < 4.78 is 0. The zero-order chi connectivity index (χ0) is 20.2. The first kappa shape index (κ1) is 18.9. The van der Waals surface area contributed by atoms with Crippen LogP contribution in [0.2, 0.25) is 0 Å². The number of anilines is 3. The van der Waals surface area contributed by atoms with Crippen molar-refractivity contribution in [2.24, 2.45) is 0 Å². The zero-order valence-corrected chi connectivity index (χ0v) is 16.7. The third kappa shape index (κ3) is 4.18. The minimum Gasteiger partial charge on any atom is -0.368 e. The van der Waals surface area contributed by atoms with E-state index < -0.39 is 0 Å². The molecule has 0 unspecified atom stereocenters. The maximum atomic E-state index is 12.2. The van der Waals surface area contributed by atoms with Crippen LogP contribution < -0.4 is 15.1 Å². The van der Waals surface area contributed by atoms with E-state index in [1.54, 1.807) is 24.4 Å². The Bertz CT molecular complexity index is 982. The Morgan fingerprint density at radius 3 is 2.41 bits per heavy atom. The van der Waals surface area contributed by atoms with Gasteiger partial charge >= 0.3 is 0 Å². The molecule has 0 spiro atoms. The van der Waals surface area contributed by atoms with Crippen LogP contribution in [0, 0.1) is 13.8 Å². The molecule has 1 aromatic carbocycles. The molecule has 1 amide bonds. The van der Waals surface area contributed by atoms with Gasteiger partial charge in [0.25, 0.3) is 5.91 Å². The van der Waals surface area contributed by atoms with Gasteiger partial charge in [-0.1, -0.05) is 12.1 Å². The molecule has 1 aliphatic rings. The Morgan fingerprint density at radius 1 is 0.931 bits per heavy atom. The molecule has 3 aromatic rings. The van der Waals surface area contributed by atoms with E-state index >= 15 is 0 Å². The fraction of sp³-hybridized carbons (Fsp3) is 0.273. The van der Waals surface area contributed by atoms with Crippen molar-refractivity contribution in [2.75, 3.05) is 41.3 Å². The van der Waals surface area contributed by atoms with Crippen LogP contribution in [0.3, 0.4) is 0 Å². The molecule has 2 aromatic heterocycles. The number of amides is 1. The fourth-order valence-electron chi connectivity index (χ4n) is 3.50. The highest BCUT2D eigenvalue weighted by Crippen LogP contribution is 2.25. The molecule has 0 saturated carbocycles. The summed E-state index contributed by atoms with van der Waals surface area (Å²) in [6.45, 7) is 7.96. The topological polar surface area (TPSA) is 74.2 Å². The predicted molar refractivity (Wildman–Crippen MR) is 115 cm³/mol. The number of carbonyl (C=O) groups excluding carboxylic acids is 1. The monoisotopic (exact) mass is 388 g/mol. The van der Waals surface area contributed by atoms with Crippen LogP contribution in [-0.2, 0) is 0 Å². The maximum Gasteiger partial charge on any atom is 0.258 e. The van der Waals surface area contributed by atoms with Crippen molar-refractivity contribution in [3.05, 3.63) is 71.5 Å². The third-order valence-corrected chi connectivity index (χ3v) is 5.34. The van der Waals surface area contributed by atoms with Crippen LogP contribution in [0.4, 0.5) is 17.3 Å². The first-order valence-corrected chi connectivity index (χ1v) is 9.73. The van der Waals surface area contributed by atoms with E-state index in [9.17, 15) is 4.79 Å². The number of nitrogens with zero attached hydrogens (tertiary/aromatic N) is 5. The van der Waals surface area contributed by atoms with Gasteiger partial charge < -0.3 is 15.1 Å². The van der Waals surface area contributed by atoms with Crippen molar-refractivity contribution in [2.45, 2.75) is 13.8 Å². The summed E-state index contributed by atoms with van der Waals surface area (Å²) in [5.74, 6) is 1.00. The molecule has 1 fully saturated rings. The molecule has 0 atom stereocenters. The molecular weight excluding hydrogens is 364 g/mol. The lowest BCUT2D eigenvalue weighted by Crippen LogP contribution is -2.47. The van der Waals surface area contributed by atoms with Gasteiger partial charge in [0, 0.05) is 44.3 Å². The van der Waals surface area contributed by atoms with Gasteiger partial charge in [-0.05, 0) is 55.3 Å². The minimum atomic E-state index is -0.248. The number of rotatable bonds is 4. The molecule has 148 valence electrons. The Labute approximate surface area is 170 Å². The van der Waals surface area contributed by atoms with Crippen molar-refractivity contribution in [3.63, 3.8) is 0 Å². The van der Waals surface area contributed by atoms with Crippen molar-refractivity contribution in [1.82, 2.24) is 15.2 Å². The second-order valence-electron chi connectivity index (χ2n) is 7.17. The highest BCUT2D eigenvalue weighted by Gasteiger charge is 2.20. The number of aromatic nitrogens is 3. The molecule has 29 heavy (non-hydrogen) atoms. The molecular formula is C22H24N6O. The molecule has 7 heteroatoms. The Kier molecular flexibility index (Phi) is 5.37. The fourth-order valence-corrected chi connectivity index (χ4v) is 3.50. The van der Waals surface area contributed by atoms with Gasteiger partial charge in [-0.2, -0.15) is 0 Å². The lowest BCUT2D eigenvalue weighted by atomic mass is 10.1. The number of aryl methyl sites for hydroxylation is 1. The van der Waals surface area contributed by atoms with Crippen LogP contribution in [0.25, 0.3) is 0 Å². The smallest absolute Gasteiger partial charge is 0.258 e. The summed E-state index contributed by atoms with van der Waals surface area (Å²) in [5.41, 5.74) is 4.46. The first-order chi connectivity index (χ1) is 14.1. The summed E-state index contributed by atoms with van der Waals surface area (Å²) in [6.07, 6.45) is 3.15. The number of carbonyl (C=O) groups is 1. The highest BCUT2D eigenvalue weighted by atomic mass is 16.1. The van der Waals surface area contributed by atoms with Crippen LogP contribution in [0.5, 0.6) is 0 Å². The normalized spacial score (nSPS) is 14.0. The van der Waals surface area contributed by atoms with E-state index in [0.29, 0.717) is 11.4 Å². The van der Waals surface area contributed by atoms with Gasteiger partial charge in [0.15, 0.2) is 11.6 Å². The number of benzene rings is 1. The predicted octanol–water partition coefficient (Wildman–Crippen LogP) is 3.07. The number of nitrogens with one attached hydrogen (secondary N) is 1. The standard InChI is InChI=1S/C22H24N6O/c1-16-5-3-7-19(17(16)2)27-11-13-28(14-12-27)21-9-8-20(25-26-21)24-22(29)18-6-4-10-23-15-18/h3-10,15H,11-14H2,1-2H3,(H,24,25,29). The minimum absolute atomic E-state index is 0.248. The zero-order valence-electron chi connectivity index (χ0n) is 16.7. The van der Waals surface area contributed by atoms with Gasteiger partial charge in [0.2, 0.25) is 0 Å². The van der Waals surface area contributed by atoms with E-state index in [-0.39, 0.29) is 5.91 Å². The van der Waals surface area contributed by atoms with Crippen LogP contribution in [0.15, 0.2) is 54.9 Å². The maximum absolute atomic E-state index is 12.2. The average molecular weight is 388 g/mol. The largest absolute Gasteiger partial charge is 0.368 e. The third-order valence-electron chi connectivity index (χ3n) is 5.34. The van der Waals surface area contributed by atoms with Crippen molar-refractivity contribution >= 4 is 23.2 Å². The summed E-state index contributed by atoms with van der Waals surface area (Å²) in [5, 5.41) is 11.2. The van der Waals surface area contributed by atoms with Crippen molar-refractivity contribution in [3.8, 4) is 0 Å². The Hall–Kier alpha value is -3.48. The Balaban J connectivity index is 1.37. The SMILES string of the molecule is Cc1cccc(N2CCN(c3ccc(NC(=O)c4cccnc4)nn3)CC2)c1C. The molecule has 0 bridgehead atoms. The molecule has 1 saturated heterocycles. The van der Waals surface area contributed by atoms with E-state index in [0.717, 1.165) is 32.0 Å². The number of piperazine rings is 1. The molecule has 1 N–H and O–H groups in total. The second-order valence-corrected chi connectivity index (χ2v) is 7.17.